The summed E-state index contributed by atoms with van der Waals surface area (Å²) in [6.45, 7) is 0.650. The van der Waals surface area contributed by atoms with Crippen molar-refractivity contribution in [3.8, 4) is 6.07 Å². The van der Waals surface area contributed by atoms with Crippen LogP contribution in [0.3, 0.4) is 0 Å². The number of benzene rings is 1. The zero-order valence-electron chi connectivity index (χ0n) is 12.0. The van der Waals surface area contributed by atoms with Crippen molar-refractivity contribution in [3.05, 3.63) is 29.8 Å². The van der Waals surface area contributed by atoms with Gasteiger partial charge in [0.25, 0.3) is 0 Å². The number of rotatable bonds is 3. The monoisotopic (exact) mass is 304 g/mol. The highest BCUT2D eigenvalue weighted by Crippen LogP contribution is 2.39. The van der Waals surface area contributed by atoms with Crippen LogP contribution in [0.1, 0.15) is 37.7 Å². The second-order valence-corrected chi connectivity index (χ2v) is 7.89. The Kier molecular flexibility index (Phi) is 4.01. The molecule has 2 unspecified atom stereocenters. The normalized spacial score (nSPS) is 26.2. The van der Waals surface area contributed by atoms with E-state index in [0.29, 0.717) is 23.8 Å². The second-order valence-electron chi connectivity index (χ2n) is 6.00. The van der Waals surface area contributed by atoms with Crippen molar-refractivity contribution in [2.75, 3.05) is 6.54 Å². The van der Waals surface area contributed by atoms with Gasteiger partial charge in [-0.25, -0.2) is 8.42 Å². The lowest BCUT2D eigenvalue weighted by Gasteiger charge is -2.31. The minimum atomic E-state index is -3.39. The molecular weight excluding hydrogens is 284 g/mol. The summed E-state index contributed by atoms with van der Waals surface area (Å²) in [7, 11) is -3.39. The largest absolute Gasteiger partial charge is 0.243 e. The predicted octanol–water partition coefficient (Wildman–Crippen LogP) is 2.71. The molecule has 112 valence electrons. The molecule has 1 aromatic carbocycles. The molecule has 0 spiro atoms. The van der Waals surface area contributed by atoms with E-state index in [1.807, 2.05) is 0 Å². The van der Waals surface area contributed by atoms with Gasteiger partial charge < -0.3 is 0 Å². The zero-order chi connectivity index (χ0) is 14.9. The quantitative estimate of drug-likeness (QED) is 0.862. The molecule has 1 aliphatic carbocycles. The van der Waals surface area contributed by atoms with Gasteiger partial charge in [0.05, 0.1) is 17.4 Å². The SMILES string of the molecule is N#CCc1ccc(S(=O)(=O)N2CCC3CCCCC32)cc1. The van der Waals surface area contributed by atoms with Gasteiger partial charge in [-0.05, 0) is 42.9 Å². The molecule has 1 saturated carbocycles. The summed E-state index contributed by atoms with van der Waals surface area (Å²) >= 11 is 0. The Bertz CT molecular complexity index is 646. The van der Waals surface area contributed by atoms with E-state index in [1.54, 1.807) is 28.6 Å². The van der Waals surface area contributed by atoms with Crippen LogP contribution in [0.15, 0.2) is 29.2 Å². The van der Waals surface area contributed by atoms with Crippen molar-refractivity contribution in [2.45, 2.75) is 49.5 Å². The summed E-state index contributed by atoms with van der Waals surface area (Å²) in [5.74, 6) is 0.548. The van der Waals surface area contributed by atoms with Crippen LogP contribution in [0.2, 0.25) is 0 Å². The fraction of sp³-hybridized carbons (Fsp3) is 0.562. The Morgan fingerprint density at radius 1 is 1.14 bits per heavy atom. The van der Waals surface area contributed by atoms with E-state index >= 15 is 0 Å². The number of nitriles is 1. The van der Waals surface area contributed by atoms with Crippen molar-refractivity contribution in [1.29, 1.82) is 5.26 Å². The third kappa shape index (κ3) is 2.70. The van der Waals surface area contributed by atoms with Crippen molar-refractivity contribution in [3.63, 3.8) is 0 Å². The maximum atomic E-state index is 12.8. The highest BCUT2D eigenvalue weighted by atomic mass is 32.2. The molecule has 5 heteroatoms. The maximum absolute atomic E-state index is 12.8. The second kappa shape index (κ2) is 5.78. The molecule has 1 saturated heterocycles. The smallest absolute Gasteiger partial charge is 0.207 e. The summed E-state index contributed by atoms with van der Waals surface area (Å²) in [5.41, 5.74) is 0.855. The lowest BCUT2D eigenvalue weighted by molar-refractivity contribution is 0.260. The topological polar surface area (TPSA) is 61.2 Å². The number of sulfonamides is 1. The van der Waals surface area contributed by atoms with E-state index in [0.717, 1.165) is 31.2 Å². The molecule has 3 rings (SSSR count). The lowest BCUT2D eigenvalue weighted by atomic mass is 9.86. The number of fused-ring (bicyclic) bond motifs is 1. The van der Waals surface area contributed by atoms with Gasteiger partial charge in [0.2, 0.25) is 10.0 Å². The van der Waals surface area contributed by atoms with E-state index in [-0.39, 0.29) is 6.04 Å². The highest BCUT2D eigenvalue weighted by Gasteiger charge is 2.42. The summed E-state index contributed by atoms with van der Waals surface area (Å²) in [6.07, 6.45) is 5.84. The van der Waals surface area contributed by atoms with Crippen LogP contribution in [-0.2, 0) is 16.4 Å². The molecule has 1 aliphatic heterocycles. The Morgan fingerprint density at radius 2 is 1.86 bits per heavy atom. The lowest BCUT2D eigenvalue weighted by Crippen LogP contribution is -2.39. The molecule has 0 radical (unpaired) electrons. The Balaban J connectivity index is 1.85. The fourth-order valence-electron chi connectivity index (χ4n) is 3.67. The van der Waals surface area contributed by atoms with Crippen molar-refractivity contribution in [2.24, 2.45) is 5.92 Å². The van der Waals surface area contributed by atoms with E-state index in [9.17, 15) is 8.42 Å². The van der Waals surface area contributed by atoms with Crippen molar-refractivity contribution < 1.29 is 8.42 Å². The van der Waals surface area contributed by atoms with Gasteiger partial charge in [0.15, 0.2) is 0 Å². The van der Waals surface area contributed by atoms with Gasteiger partial charge in [0.1, 0.15) is 0 Å². The van der Waals surface area contributed by atoms with Gasteiger partial charge in [0, 0.05) is 12.6 Å². The van der Waals surface area contributed by atoms with Gasteiger partial charge in [-0.1, -0.05) is 25.0 Å². The molecule has 1 heterocycles. The molecule has 1 aromatic rings. The summed E-state index contributed by atoms with van der Waals surface area (Å²) in [6, 6.07) is 9.03. The minimum Gasteiger partial charge on any atom is -0.207 e. The van der Waals surface area contributed by atoms with E-state index in [4.69, 9.17) is 5.26 Å². The third-order valence-electron chi connectivity index (χ3n) is 4.77. The van der Waals surface area contributed by atoms with Crippen LogP contribution >= 0.6 is 0 Å². The van der Waals surface area contributed by atoms with Crippen LogP contribution in [0.4, 0.5) is 0 Å². The number of nitrogens with zero attached hydrogens (tertiary/aromatic N) is 2. The third-order valence-corrected chi connectivity index (χ3v) is 6.71. The summed E-state index contributed by atoms with van der Waals surface area (Å²) < 4.78 is 27.4. The summed E-state index contributed by atoms with van der Waals surface area (Å²) in [4.78, 5) is 0.357. The molecule has 4 nitrogen and oxygen atoms in total. The number of hydrogen-bond donors (Lipinski definition) is 0. The van der Waals surface area contributed by atoms with Gasteiger partial charge in [-0.15, -0.1) is 0 Å². The first kappa shape index (κ1) is 14.6. The number of hydrogen-bond acceptors (Lipinski definition) is 3. The van der Waals surface area contributed by atoms with E-state index < -0.39 is 10.0 Å². The molecule has 0 aromatic heterocycles. The fourth-order valence-corrected chi connectivity index (χ4v) is 5.40. The highest BCUT2D eigenvalue weighted by molar-refractivity contribution is 7.89. The molecule has 2 atom stereocenters. The minimum absolute atomic E-state index is 0.197. The first-order valence-corrected chi connectivity index (χ1v) is 9.04. The molecule has 0 N–H and O–H groups in total. The standard InChI is InChI=1S/C16H20N2O2S/c17-11-9-13-5-7-15(8-6-13)21(19,20)18-12-10-14-3-1-2-4-16(14)18/h5-8,14,16H,1-4,9-10,12H2. The van der Waals surface area contributed by atoms with Crippen LogP contribution in [0.5, 0.6) is 0 Å². The van der Waals surface area contributed by atoms with Gasteiger partial charge >= 0.3 is 0 Å². The average Bonchev–Trinajstić information content (AvgIpc) is 2.93. The van der Waals surface area contributed by atoms with Crippen molar-refractivity contribution >= 4 is 10.0 Å². The Morgan fingerprint density at radius 3 is 2.57 bits per heavy atom. The summed E-state index contributed by atoms with van der Waals surface area (Å²) in [5, 5.41) is 8.67. The first-order valence-electron chi connectivity index (χ1n) is 7.60. The zero-order valence-corrected chi connectivity index (χ0v) is 12.8. The molecule has 0 amide bonds. The molecular formula is C16H20N2O2S. The Labute approximate surface area is 126 Å². The predicted molar refractivity (Wildman–Crippen MR) is 80.0 cm³/mol. The van der Waals surface area contributed by atoms with Gasteiger partial charge in [-0.2, -0.15) is 9.57 Å². The van der Waals surface area contributed by atoms with Crippen LogP contribution in [0.25, 0.3) is 0 Å². The van der Waals surface area contributed by atoms with Crippen LogP contribution < -0.4 is 0 Å². The molecule has 21 heavy (non-hydrogen) atoms. The van der Waals surface area contributed by atoms with E-state index in [1.165, 1.54) is 6.42 Å². The maximum Gasteiger partial charge on any atom is 0.243 e. The molecule has 2 aliphatic rings. The molecule has 0 bridgehead atoms. The van der Waals surface area contributed by atoms with Gasteiger partial charge in [-0.3, -0.25) is 0 Å². The average molecular weight is 304 g/mol. The van der Waals surface area contributed by atoms with Crippen LogP contribution in [-0.4, -0.2) is 25.3 Å². The van der Waals surface area contributed by atoms with Crippen LogP contribution in [0, 0.1) is 17.2 Å². The van der Waals surface area contributed by atoms with Crippen molar-refractivity contribution in [1.82, 2.24) is 4.31 Å². The Hall–Kier alpha value is -1.38. The first-order chi connectivity index (χ1) is 10.1. The molecule has 2 fully saturated rings. The van der Waals surface area contributed by atoms with E-state index in [2.05, 4.69) is 6.07 Å².